The summed E-state index contributed by atoms with van der Waals surface area (Å²) in [4.78, 5) is 2.39. The third-order valence-electron chi connectivity index (χ3n) is 6.98. The summed E-state index contributed by atoms with van der Waals surface area (Å²) in [6, 6.07) is 22.4. The molecule has 174 valence electrons. The lowest BCUT2D eigenvalue weighted by molar-refractivity contribution is -0.519. The van der Waals surface area contributed by atoms with Crippen LogP contribution in [0.25, 0.3) is 16.3 Å². The average Bonchev–Trinajstić information content (AvgIpc) is 2.89. The zero-order chi connectivity index (χ0) is 24.1. The van der Waals surface area contributed by atoms with Crippen molar-refractivity contribution >= 4 is 27.7 Å². The Kier molecular flexibility index (Phi) is 7.47. The number of hydrogen-bond acceptors (Lipinski definition) is 1. The summed E-state index contributed by atoms with van der Waals surface area (Å²) in [7, 11) is 0. The maximum atomic E-state index is 2.39. The third-order valence-corrected chi connectivity index (χ3v) is 6.98. The fourth-order valence-corrected chi connectivity index (χ4v) is 5.00. The molecule has 0 fully saturated rings. The van der Waals surface area contributed by atoms with Gasteiger partial charge in [0.15, 0.2) is 5.71 Å². The van der Waals surface area contributed by atoms with Gasteiger partial charge in [-0.25, -0.2) is 4.58 Å². The highest BCUT2D eigenvalue weighted by Gasteiger charge is 2.17. The largest absolute Gasteiger partial charge is 0.372 e. The van der Waals surface area contributed by atoms with Crippen molar-refractivity contribution < 1.29 is 4.58 Å². The Bertz CT molecular complexity index is 1260. The van der Waals surface area contributed by atoms with Gasteiger partial charge in [-0.3, -0.25) is 0 Å². The topological polar surface area (TPSA) is 6.25 Å². The first kappa shape index (κ1) is 23.8. The summed E-state index contributed by atoms with van der Waals surface area (Å²) < 4.78 is 2.39. The molecule has 3 aromatic rings. The van der Waals surface area contributed by atoms with Crippen LogP contribution in [0.1, 0.15) is 44.4 Å². The molecule has 1 aliphatic carbocycles. The number of rotatable bonds is 7. The van der Waals surface area contributed by atoms with Gasteiger partial charge in [0, 0.05) is 30.9 Å². The lowest BCUT2D eigenvalue weighted by atomic mass is 9.87. The van der Waals surface area contributed by atoms with Crippen LogP contribution in [0.15, 0.2) is 90.5 Å². The van der Waals surface area contributed by atoms with Crippen LogP contribution < -0.4 is 4.90 Å². The molecule has 34 heavy (non-hydrogen) atoms. The molecule has 4 rings (SSSR count). The SMILES string of the molecule is CCN(CC)c1ccc(C(=C2C=CC(=[N+](CC)CC)C=C2)c2ccc(C)c3ccccc23)cc1. The standard InChI is InChI=1S/C32H37N2/c1-6-33(7-2)27-19-15-25(16-20-27)32(26-17-21-28(22-18-26)34(8-3)9-4)31-23-14-24(5)29-12-10-11-13-30(29)31/h10-23H,6-9H2,1-5H3/q+1. The van der Waals surface area contributed by atoms with Crippen LogP contribution in [0.4, 0.5) is 5.69 Å². The molecule has 0 unspecified atom stereocenters. The molecule has 2 nitrogen and oxygen atoms in total. The molecule has 0 spiro atoms. The average molecular weight is 450 g/mol. The Morgan fingerprint density at radius 1 is 0.706 bits per heavy atom. The molecule has 0 N–H and O–H groups in total. The predicted octanol–water partition coefficient (Wildman–Crippen LogP) is 7.42. The highest BCUT2D eigenvalue weighted by Crippen LogP contribution is 2.36. The van der Waals surface area contributed by atoms with Crippen molar-refractivity contribution in [1.82, 2.24) is 0 Å². The molecule has 0 aromatic heterocycles. The molecule has 0 heterocycles. The van der Waals surface area contributed by atoms with Crippen molar-refractivity contribution in [3.05, 3.63) is 107 Å². The zero-order valence-corrected chi connectivity index (χ0v) is 21.3. The number of aryl methyl sites for hydroxylation is 1. The van der Waals surface area contributed by atoms with Crippen LogP contribution in [-0.4, -0.2) is 36.5 Å². The van der Waals surface area contributed by atoms with Crippen LogP contribution in [-0.2, 0) is 0 Å². The Hall–Kier alpha value is -3.39. The second-order valence-electron chi connectivity index (χ2n) is 8.79. The summed E-state index contributed by atoms with van der Waals surface area (Å²) in [6.45, 7) is 15.1. The van der Waals surface area contributed by atoms with Crippen LogP contribution in [0.2, 0.25) is 0 Å². The van der Waals surface area contributed by atoms with Crippen LogP contribution >= 0.6 is 0 Å². The predicted molar refractivity (Wildman–Crippen MR) is 149 cm³/mol. The molecule has 0 saturated heterocycles. The summed E-state index contributed by atoms with van der Waals surface area (Å²) in [5, 5.41) is 2.62. The van der Waals surface area contributed by atoms with E-state index in [-0.39, 0.29) is 0 Å². The van der Waals surface area contributed by atoms with Gasteiger partial charge in [-0.1, -0.05) is 48.5 Å². The van der Waals surface area contributed by atoms with E-state index in [0.717, 1.165) is 26.2 Å². The van der Waals surface area contributed by atoms with Gasteiger partial charge in [-0.05, 0) is 97.5 Å². The second kappa shape index (κ2) is 10.7. The minimum absolute atomic E-state index is 1.02. The van der Waals surface area contributed by atoms with Gasteiger partial charge >= 0.3 is 0 Å². The van der Waals surface area contributed by atoms with Gasteiger partial charge in [0.25, 0.3) is 0 Å². The van der Waals surface area contributed by atoms with E-state index in [1.807, 2.05) is 0 Å². The summed E-state index contributed by atoms with van der Waals surface area (Å²) in [5.74, 6) is 0. The molecule has 3 aromatic carbocycles. The molecule has 0 amide bonds. The smallest absolute Gasteiger partial charge is 0.199 e. The first-order chi connectivity index (χ1) is 16.6. The van der Waals surface area contributed by atoms with Crippen molar-refractivity contribution in [2.45, 2.75) is 34.6 Å². The summed E-state index contributed by atoms with van der Waals surface area (Å²) >= 11 is 0. The van der Waals surface area contributed by atoms with E-state index in [1.165, 1.54) is 50.0 Å². The molecule has 0 aliphatic heterocycles. The van der Waals surface area contributed by atoms with Crippen molar-refractivity contribution in [3.8, 4) is 0 Å². The van der Waals surface area contributed by atoms with Crippen LogP contribution in [0, 0.1) is 6.92 Å². The third kappa shape index (κ3) is 4.63. The fraction of sp³-hybridized carbons (Fsp3) is 0.281. The first-order valence-electron chi connectivity index (χ1n) is 12.7. The number of nitrogens with zero attached hydrogens (tertiary/aromatic N) is 2. The second-order valence-corrected chi connectivity index (χ2v) is 8.79. The Labute approximate surface area is 205 Å². The Morgan fingerprint density at radius 2 is 1.32 bits per heavy atom. The lowest BCUT2D eigenvalue weighted by Crippen LogP contribution is -2.21. The van der Waals surface area contributed by atoms with E-state index >= 15 is 0 Å². The number of anilines is 1. The normalized spacial score (nSPS) is 13.0. The number of hydrogen-bond donors (Lipinski definition) is 0. The zero-order valence-electron chi connectivity index (χ0n) is 21.3. The van der Waals surface area contributed by atoms with Crippen molar-refractivity contribution in [2.24, 2.45) is 0 Å². The molecular formula is C32H37N2+. The van der Waals surface area contributed by atoms with E-state index in [2.05, 4.69) is 129 Å². The van der Waals surface area contributed by atoms with Crippen LogP contribution in [0.3, 0.4) is 0 Å². The van der Waals surface area contributed by atoms with Gasteiger partial charge in [0.1, 0.15) is 13.1 Å². The monoisotopic (exact) mass is 449 g/mol. The van der Waals surface area contributed by atoms with E-state index in [1.54, 1.807) is 0 Å². The van der Waals surface area contributed by atoms with Crippen molar-refractivity contribution in [3.63, 3.8) is 0 Å². The summed E-state index contributed by atoms with van der Waals surface area (Å²) in [6.07, 6.45) is 9.11. The molecule has 0 radical (unpaired) electrons. The Morgan fingerprint density at radius 3 is 1.91 bits per heavy atom. The van der Waals surface area contributed by atoms with Gasteiger partial charge in [0.05, 0.1) is 0 Å². The molecule has 1 aliphatic rings. The quantitative estimate of drug-likeness (QED) is 0.340. The lowest BCUT2D eigenvalue weighted by Gasteiger charge is -2.22. The van der Waals surface area contributed by atoms with E-state index in [9.17, 15) is 0 Å². The van der Waals surface area contributed by atoms with Crippen molar-refractivity contribution in [1.29, 1.82) is 0 Å². The highest BCUT2D eigenvalue weighted by molar-refractivity contribution is 6.06. The minimum Gasteiger partial charge on any atom is -0.372 e. The van der Waals surface area contributed by atoms with Crippen LogP contribution in [0.5, 0.6) is 0 Å². The molecule has 0 saturated carbocycles. The Balaban J connectivity index is 1.92. The molecule has 0 atom stereocenters. The molecule has 2 heteroatoms. The number of benzene rings is 3. The minimum atomic E-state index is 1.02. The summed E-state index contributed by atoms with van der Waals surface area (Å²) in [5.41, 5.74) is 8.94. The van der Waals surface area contributed by atoms with Gasteiger partial charge in [-0.15, -0.1) is 0 Å². The highest BCUT2D eigenvalue weighted by atomic mass is 15.1. The number of allylic oxidation sites excluding steroid dienone is 5. The maximum absolute atomic E-state index is 2.39. The molecular weight excluding hydrogens is 412 g/mol. The van der Waals surface area contributed by atoms with E-state index in [4.69, 9.17) is 0 Å². The molecule has 0 bridgehead atoms. The maximum Gasteiger partial charge on any atom is 0.199 e. The van der Waals surface area contributed by atoms with Crippen molar-refractivity contribution in [2.75, 3.05) is 31.1 Å². The fourth-order valence-electron chi connectivity index (χ4n) is 5.00. The van der Waals surface area contributed by atoms with Gasteiger partial charge in [0.2, 0.25) is 0 Å². The van der Waals surface area contributed by atoms with Gasteiger partial charge < -0.3 is 4.90 Å². The first-order valence-corrected chi connectivity index (χ1v) is 12.7. The van der Waals surface area contributed by atoms with Gasteiger partial charge in [-0.2, -0.15) is 0 Å². The van der Waals surface area contributed by atoms with E-state index in [0.29, 0.717) is 0 Å². The van der Waals surface area contributed by atoms with E-state index < -0.39 is 0 Å². The number of fused-ring (bicyclic) bond motifs is 1.